The van der Waals surface area contributed by atoms with Crippen molar-refractivity contribution in [2.75, 3.05) is 0 Å². The minimum atomic E-state index is -1.04. The first kappa shape index (κ1) is 10.8. The van der Waals surface area contributed by atoms with E-state index in [2.05, 4.69) is 15.3 Å². The van der Waals surface area contributed by atoms with E-state index in [4.69, 9.17) is 16.7 Å². The minimum Gasteiger partial charge on any atom is -0.477 e. The molecule has 0 fully saturated rings. The summed E-state index contributed by atoms with van der Waals surface area (Å²) >= 11 is 5.81. The molecule has 0 amide bonds. The maximum Gasteiger partial charge on any atom is 0.353 e. The summed E-state index contributed by atoms with van der Waals surface area (Å²) in [6.45, 7) is 0. The Bertz CT molecular complexity index is 729. The number of benzene rings is 1. The SMILES string of the molecule is O=C(O)c1cc2nnc(-c3ccc(Cl)cc3)n2[nH]1. The monoisotopic (exact) mass is 262 g/mol. The Labute approximate surface area is 106 Å². The average molecular weight is 263 g/mol. The quantitative estimate of drug-likeness (QED) is 0.741. The first-order valence-corrected chi connectivity index (χ1v) is 5.46. The Kier molecular flexibility index (Phi) is 2.31. The summed E-state index contributed by atoms with van der Waals surface area (Å²) in [5.41, 5.74) is 1.32. The van der Waals surface area contributed by atoms with E-state index < -0.39 is 5.97 Å². The first-order chi connectivity index (χ1) is 8.65. The van der Waals surface area contributed by atoms with Crippen molar-refractivity contribution in [1.29, 1.82) is 0 Å². The fourth-order valence-corrected chi connectivity index (χ4v) is 1.80. The Hall–Kier alpha value is -2.34. The number of carbonyl (C=O) groups is 1. The second-order valence-corrected chi connectivity index (χ2v) is 4.14. The summed E-state index contributed by atoms with van der Waals surface area (Å²) in [5, 5.41) is 20.1. The first-order valence-electron chi connectivity index (χ1n) is 5.08. The van der Waals surface area contributed by atoms with Crippen LogP contribution in [0.2, 0.25) is 5.02 Å². The largest absolute Gasteiger partial charge is 0.477 e. The molecule has 0 saturated carbocycles. The molecule has 6 nitrogen and oxygen atoms in total. The Morgan fingerprint density at radius 1 is 1.28 bits per heavy atom. The Balaban J connectivity index is 2.17. The molecule has 2 N–H and O–H groups in total. The predicted molar refractivity (Wildman–Crippen MR) is 64.7 cm³/mol. The van der Waals surface area contributed by atoms with Gasteiger partial charge in [-0.3, -0.25) is 5.10 Å². The van der Waals surface area contributed by atoms with Crippen molar-refractivity contribution < 1.29 is 9.90 Å². The van der Waals surface area contributed by atoms with Crippen LogP contribution in [-0.2, 0) is 0 Å². The molecule has 0 saturated heterocycles. The van der Waals surface area contributed by atoms with Crippen LogP contribution < -0.4 is 0 Å². The van der Waals surface area contributed by atoms with Crippen LogP contribution in [0.1, 0.15) is 10.5 Å². The molecule has 0 spiro atoms. The number of nitrogens with zero attached hydrogens (tertiary/aromatic N) is 3. The molecule has 18 heavy (non-hydrogen) atoms. The number of fused-ring (bicyclic) bond motifs is 1. The van der Waals surface area contributed by atoms with Crippen LogP contribution in [0, 0.1) is 0 Å². The van der Waals surface area contributed by atoms with Gasteiger partial charge in [0.25, 0.3) is 0 Å². The molecule has 0 unspecified atom stereocenters. The highest BCUT2D eigenvalue weighted by molar-refractivity contribution is 6.30. The molecule has 2 heterocycles. The minimum absolute atomic E-state index is 0.0649. The lowest BCUT2D eigenvalue weighted by molar-refractivity contribution is 0.0690. The third-order valence-electron chi connectivity index (χ3n) is 2.53. The van der Waals surface area contributed by atoms with Crippen LogP contribution in [0.3, 0.4) is 0 Å². The highest BCUT2D eigenvalue weighted by Crippen LogP contribution is 2.20. The molecule has 0 radical (unpaired) electrons. The van der Waals surface area contributed by atoms with Gasteiger partial charge in [-0.25, -0.2) is 9.31 Å². The average Bonchev–Trinajstić information content (AvgIpc) is 2.89. The highest BCUT2D eigenvalue weighted by atomic mass is 35.5. The predicted octanol–water partition coefficient (Wildman–Crippen LogP) is 2.08. The number of hydrogen-bond acceptors (Lipinski definition) is 3. The Morgan fingerprint density at radius 2 is 2.00 bits per heavy atom. The van der Waals surface area contributed by atoms with Gasteiger partial charge < -0.3 is 5.11 Å². The summed E-state index contributed by atoms with van der Waals surface area (Å²) in [5.74, 6) is -0.503. The van der Waals surface area contributed by atoms with Crippen molar-refractivity contribution in [3.05, 3.63) is 41.0 Å². The number of carboxylic acid groups (broad SMARTS) is 1. The van der Waals surface area contributed by atoms with Crippen molar-refractivity contribution in [1.82, 2.24) is 19.8 Å². The zero-order valence-electron chi connectivity index (χ0n) is 8.96. The zero-order chi connectivity index (χ0) is 12.7. The molecule has 0 atom stereocenters. The molecule has 2 aromatic heterocycles. The molecule has 0 aliphatic heterocycles. The standard InChI is InChI=1S/C11H7ClN4O2/c12-7-3-1-6(2-4-7)10-14-13-9-5-8(11(17)18)15-16(9)10/h1-5,15H,(H,17,18). The van der Waals surface area contributed by atoms with Crippen LogP contribution in [0.15, 0.2) is 30.3 Å². The van der Waals surface area contributed by atoms with Crippen LogP contribution in [0.5, 0.6) is 0 Å². The number of hydrogen-bond donors (Lipinski definition) is 2. The molecule has 90 valence electrons. The number of carboxylic acids is 1. The van der Waals surface area contributed by atoms with Crippen LogP contribution in [0.4, 0.5) is 0 Å². The van der Waals surface area contributed by atoms with E-state index in [1.54, 1.807) is 24.3 Å². The van der Waals surface area contributed by atoms with Gasteiger partial charge in [-0.1, -0.05) is 11.6 Å². The Morgan fingerprint density at radius 3 is 2.67 bits per heavy atom. The van der Waals surface area contributed by atoms with Gasteiger partial charge in [-0.05, 0) is 24.3 Å². The molecule has 0 aliphatic carbocycles. The normalized spacial score (nSPS) is 10.9. The van der Waals surface area contributed by atoms with E-state index in [0.29, 0.717) is 16.5 Å². The van der Waals surface area contributed by atoms with Crippen molar-refractivity contribution in [3.63, 3.8) is 0 Å². The van der Waals surface area contributed by atoms with E-state index in [1.165, 1.54) is 10.6 Å². The van der Waals surface area contributed by atoms with Crippen LogP contribution >= 0.6 is 11.6 Å². The summed E-state index contributed by atoms with van der Waals surface area (Å²) in [4.78, 5) is 10.9. The third-order valence-corrected chi connectivity index (χ3v) is 2.78. The van der Waals surface area contributed by atoms with E-state index >= 15 is 0 Å². The van der Waals surface area contributed by atoms with E-state index in [9.17, 15) is 4.79 Å². The van der Waals surface area contributed by atoms with Gasteiger partial charge in [0.1, 0.15) is 5.69 Å². The summed E-state index contributed by atoms with van der Waals surface area (Å²) in [6.07, 6.45) is 0. The van der Waals surface area contributed by atoms with Crippen LogP contribution in [-0.4, -0.2) is 30.9 Å². The molecular formula is C11H7ClN4O2. The number of halogens is 1. The molecule has 7 heteroatoms. The lowest BCUT2D eigenvalue weighted by Gasteiger charge is -1.97. The maximum atomic E-state index is 10.9. The second-order valence-electron chi connectivity index (χ2n) is 3.70. The lowest BCUT2D eigenvalue weighted by Crippen LogP contribution is -1.98. The highest BCUT2D eigenvalue weighted by Gasteiger charge is 2.13. The molecular weight excluding hydrogens is 256 g/mol. The summed E-state index contributed by atoms with van der Waals surface area (Å²) in [6, 6.07) is 8.48. The number of nitrogens with one attached hydrogen (secondary N) is 1. The summed E-state index contributed by atoms with van der Waals surface area (Å²) in [7, 11) is 0. The van der Waals surface area contributed by atoms with Crippen molar-refractivity contribution in [2.45, 2.75) is 0 Å². The fraction of sp³-hybridized carbons (Fsp3) is 0. The van der Waals surface area contributed by atoms with E-state index in [1.807, 2.05) is 0 Å². The van der Waals surface area contributed by atoms with Gasteiger partial charge in [0.2, 0.25) is 0 Å². The fourth-order valence-electron chi connectivity index (χ4n) is 1.68. The number of H-pyrrole nitrogens is 1. The number of aromatic nitrogens is 4. The van der Waals surface area contributed by atoms with Crippen molar-refractivity contribution in [2.24, 2.45) is 0 Å². The second kappa shape index (κ2) is 3.85. The molecule has 1 aromatic carbocycles. The van der Waals surface area contributed by atoms with Gasteiger partial charge in [0.05, 0.1) is 0 Å². The van der Waals surface area contributed by atoms with Crippen LogP contribution in [0.25, 0.3) is 17.0 Å². The van der Waals surface area contributed by atoms with Gasteiger partial charge >= 0.3 is 5.97 Å². The summed E-state index contributed by atoms with van der Waals surface area (Å²) < 4.78 is 1.52. The third kappa shape index (κ3) is 1.63. The number of aromatic amines is 1. The molecule has 0 bridgehead atoms. The molecule has 3 rings (SSSR count). The lowest BCUT2D eigenvalue weighted by atomic mass is 10.2. The number of aromatic carboxylic acids is 1. The topological polar surface area (TPSA) is 83.3 Å². The number of rotatable bonds is 2. The van der Waals surface area contributed by atoms with Gasteiger partial charge in [0.15, 0.2) is 11.5 Å². The molecule has 0 aliphatic rings. The van der Waals surface area contributed by atoms with E-state index in [0.717, 1.165) is 5.56 Å². The smallest absolute Gasteiger partial charge is 0.353 e. The van der Waals surface area contributed by atoms with Gasteiger partial charge in [0, 0.05) is 16.7 Å². The van der Waals surface area contributed by atoms with E-state index in [-0.39, 0.29) is 5.69 Å². The molecule has 3 aromatic rings. The zero-order valence-corrected chi connectivity index (χ0v) is 9.72. The van der Waals surface area contributed by atoms with Crippen molar-refractivity contribution in [3.8, 4) is 11.4 Å². The maximum absolute atomic E-state index is 10.9. The van der Waals surface area contributed by atoms with Gasteiger partial charge in [-0.15, -0.1) is 10.2 Å². The van der Waals surface area contributed by atoms with Gasteiger partial charge in [-0.2, -0.15) is 0 Å². The van der Waals surface area contributed by atoms with Crippen molar-refractivity contribution >= 4 is 23.2 Å².